The average molecular weight is 432 g/mol. The number of hydrogen-bond donors (Lipinski definition) is 1. The highest BCUT2D eigenvalue weighted by Gasteiger charge is 2.33. The third-order valence-electron chi connectivity index (χ3n) is 5.58. The smallest absolute Gasteiger partial charge is 0.274 e. The number of piperazine rings is 1. The molecule has 1 fully saturated rings. The number of halogens is 1. The van der Waals surface area contributed by atoms with E-state index < -0.39 is 0 Å². The van der Waals surface area contributed by atoms with Crippen LogP contribution in [0.3, 0.4) is 0 Å². The highest BCUT2D eigenvalue weighted by Crippen LogP contribution is 2.27. The normalized spacial score (nSPS) is 17.3. The second kappa shape index (κ2) is 11.1. The number of aldehydes is 1. The Labute approximate surface area is 184 Å². The van der Waals surface area contributed by atoms with E-state index in [0.717, 1.165) is 17.4 Å². The molecule has 0 saturated carbocycles. The predicted octanol–water partition coefficient (Wildman–Crippen LogP) is 3.57. The zero-order chi connectivity index (χ0) is 23.1. The van der Waals surface area contributed by atoms with Gasteiger partial charge in [-0.05, 0) is 43.6 Å². The molecule has 3 rings (SSSR count). The van der Waals surface area contributed by atoms with Crippen molar-refractivity contribution in [2.24, 2.45) is 11.8 Å². The number of benzene rings is 1. The molecule has 1 aromatic carbocycles. The van der Waals surface area contributed by atoms with Crippen molar-refractivity contribution in [3.63, 3.8) is 0 Å². The van der Waals surface area contributed by atoms with Crippen molar-refractivity contribution >= 4 is 12.2 Å². The molecule has 0 aliphatic carbocycles. The maximum absolute atomic E-state index is 12.9. The zero-order valence-electron chi connectivity index (χ0n) is 19.1. The maximum Gasteiger partial charge on any atom is 0.274 e. The van der Waals surface area contributed by atoms with Crippen molar-refractivity contribution in [1.29, 1.82) is 0 Å². The number of aliphatic hydroxyl groups is 1. The van der Waals surface area contributed by atoms with E-state index in [1.807, 2.05) is 0 Å². The van der Waals surface area contributed by atoms with Crippen LogP contribution in [0.1, 0.15) is 32.8 Å². The Morgan fingerprint density at radius 2 is 1.81 bits per heavy atom. The lowest BCUT2D eigenvalue weighted by molar-refractivity contribution is -0.132. The molecule has 1 unspecified atom stereocenters. The number of rotatable bonds is 6. The van der Waals surface area contributed by atoms with Crippen LogP contribution in [0.25, 0.3) is 0 Å². The first-order valence-electron chi connectivity index (χ1n) is 10.7. The summed E-state index contributed by atoms with van der Waals surface area (Å²) < 4.78 is 12.9. The molecule has 2 aliphatic heterocycles. The summed E-state index contributed by atoms with van der Waals surface area (Å²) in [5.74, 6) is 0.944. The van der Waals surface area contributed by atoms with Gasteiger partial charge in [-0.2, -0.15) is 0 Å². The minimum Gasteiger partial charge on any atom is -0.510 e. The van der Waals surface area contributed by atoms with Gasteiger partial charge in [0.2, 0.25) is 0 Å². The van der Waals surface area contributed by atoms with Gasteiger partial charge in [-0.25, -0.2) is 4.39 Å². The van der Waals surface area contributed by atoms with E-state index in [-0.39, 0.29) is 29.6 Å². The van der Waals surface area contributed by atoms with Gasteiger partial charge in [0.15, 0.2) is 0 Å². The first kappa shape index (κ1) is 24.6. The summed E-state index contributed by atoms with van der Waals surface area (Å²) in [6, 6.07) is 5.97. The number of amides is 1. The van der Waals surface area contributed by atoms with E-state index in [2.05, 4.69) is 39.8 Å². The zero-order valence-corrected chi connectivity index (χ0v) is 19.1. The van der Waals surface area contributed by atoms with E-state index in [9.17, 15) is 19.1 Å². The summed E-state index contributed by atoms with van der Waals surface area (Å²) in [5.41, 5.74) is 1.49. The Hall–Kier alpha value is -2.67. The molecule has 1 amide bonds. The molecule has 1 aromatic rings. The van der Waals surface area contributed by atoms with Crippen LogP contribution in [0.2, 0.25) is 0 Å². The molecule has 0 spiro atoms. The molecule has 1 saturated heterocycles. The molecule has 0 aromatic heterocycles. The van der Waals surface area contributed by atoms with Crippen molar-refractivity contribution in [3.05, 3.63) is 58.9 Å². The van der Waals surface area contributed by atoms with E-state index in [4.69, 9.17) is 0 Å². The highest BCUT2D eigenvalue weighted by atomic mass is 19.1. The number of fused-ring (bicyclic) bond motifs is 1. The average Bonchev–Trinajstić information content (AvgIpc) is 2.71. The first-order valence-corrected chi connectivity index (χ1v) is 10.7. The number of carbonyl (C=O) groups excluding carboxylic acids is 2. The van der Waals surface area contributed by atoms with Crippen molar-refractivity contribution < 1.29 is 19.1 Å². The molecule has 170 valence electrons. The van der Waals surface area contributed by atoms with Crippen LogP contribution in [0, 0.1) is 17.7 Å². The van der Waals surface area contributed by atoms with Gasteiger partial charge in [-0.1, -0.05) is 32.9 Å². The summed E-state index contributed by atoms with van der Waals surface area (Å²) >= 11 is 0. The summed E-state index contributed by atoms with van der Waals surface area (Å²) in [6.07, 6.45) is 2.36. The summed E-state index contributed by atoms with van der Waals surface area (Å²) in [4.78, 5) is 28.8. The Balaban J connectivity index is 0.000000323. The molecule has 6 nitrogen and oxygen atoms in total. The third-order valence-corrected chi connectivity index (χ3v) is 5.58. The quantitative estimate of drug-likeness (QED) is 0.698. The number of nitrogens with zero attached hydrogens (tertiary/aromatic N) is 3. The molecular weight excluding hydrogens is 397 g/mol. The second-order valence-electron chi connectivity index (χ2n) is 8.82. The van der Waals surface area contributed by atoms with Crippen LogP contribution in [0.5, 0.6) is 0 Å². The fraction of sp³-hybridized carbons (Fsp3) is 0.500. The number of aliphatic hydroxyl groups excluding tert-OH is 1. The van der Waals surface area contributed by atoms with Gasteiger partial charge in [-0.15, -0.1) is 0 Å². The third kappa shape index (κ3) is 6.92. The maximum atomic E-state index is 12.9. The Morgan fingerprint density at radius 3 is 2.32 bits per heavy atom. The fourth-order valence-corrected chi connectivity index (χ4v) is 3.48. The standard InChI is InChI=1S/C16H15FN2O3.C8H19N/c17-13-3-1-11(2-4-13)8-19-6-5-18-9-12(10-20)7-14(21)15(18)16(19)22;1-7(2)8(3)6-9(4)5/h1-4,9-10,21H,5-8H2;7-8H,6H2,1-5H3. The van der Waals surface area contributed by atoms with E-state index >= 15 is 0 Å². The van der Waals surface area contributed by atoms with E-state index in [1.54, 1.807) is 28.1 Å². The fourth-order valence-electron chi connectivity index (χ4n) is 3.48. The van der Waals surface area contributed by atoms with Gasteiger partial charge >= 0.3 is 0 Å². The molecule has 1 N–H and O–H groups in total. The molecule has 2 aliphatic rings. The number of hydrogen-bond acceptors (Lipinski definition) is 5. The van der Waals surface area contributed by atoms with Gasteiger partial charge in [0, 0.05) is 44.4 Å². The lowest BCUT2D eigenvalue weighted by Gasteiger charge is -2.38. The number of carbonyl (C=O) groups is 2. The summed E-state index contributed by atoms with van der Waals surface area (Å²) in [6.45, 7) is 9.37. The minimum absolute atomic E-state index is 0.0749. The van der Waals surface area contributed by atoms with Crippen molar-refractivity contribution in [1.82, 2.24) is 14.7 Å². The lowest BCUT2D eigenvalue weighted by Crippen LogP contribution is -2.47. The van der Waals surface area contributed by atoms with Crippen molar-refractivity contribution in [2.75, 3.05) is 33.7 Å². The van der Waals surface area contributed by atoms with Crippen molar-refractivity contribution in [2.45, 2.75) is 33.7 Å². The van der Waals surface area contributed by atoms with E-state index in [1.165, 1.54) is 18.7 Å². The number of allylic oxidation sites excluding steroid dienone is 1. The summed E-state index contributed by atoms with van der Waals surface area (Å²) in [7, 11) is 4.25. The van der Waals surface area contributed by atoms with Crippen LogP contribution in [-0.2, 0) is 16.1 Å². The molecule has 2 heterocycles. The van der Waals surface area contributed by atoms with Gasteiger partial charge < -0.3 is 19.8 Å². The van der Waals surface area contributed by atoms with Gasteiger partial charge in [0.05, 0.1) is 0 Å². The first-order chi connectivity index (χ1) is 14.6. The van der Waals surface area contributed by atoms with Gasteiger partial charge in [0.1, 0.15) is 23.6 Å². The van der Waals surface area contributed by atoms with Crippen LogP contribution in [-0.4, -0.2) is 65.7 Å². The van der Waals surface area contributed by atoms with Crippen molar-refractivity contribution in [3.8, 4) is 0 Å². The second-order valence-corrected chi connectivity index (χ2v) is 8.82. The Bertz CT molecular complexity index is 831. The minimum atomic E-state index is -0.320. The van der Waals surface area contributed by atoms with Crippen LogP contribution >= 0.6 is 0 Å². The predicted molar refractivity (Wildman–Crippen MR) is 119 cm³/mol. The largest absolute Gasteiger partial charge is 0.510 e. The van der Waals surface area contributed by atoms with Crippen LogP contribution < -0.4 is 0 Å². The van der Waals surface area contributed by atoms with E-state index in [0.29, 0.717) is 31.5 Å². The van der Waals surface area contributed by atoms with Gasteiger partial charge in [-0.3, -0.25) is 9.59 Å². The Morgan fingerprint density at radius 1 is 1.16 bits per heavy atom. The van der Waals surface area contributed by atoms with Gasteiger partial charge in [0.25, 0.3) is 5.91 Å². The molecule has 7 heteroatoms. The lowest BCUT2D eigenvalue weighted by atomic mass is 9.98. The highest BCUT2D eigenvalue weighted by molar-refractivity contribution is 5.95. The molecule has 31 heavy (non-hydrogen) atoms. The topological polar surface area (TPSA) is 64.1 Å². The SMILES string of the molecule is CC(C)C(C)CN(C)C.O=CC1=CN2CCN(Cc3ccc(F)cc3)C(=O)C2=C(O)C1. The monoisotopic (exact) mass is 431 g/mol. The van der Waals surface area contributed by atoms with Crippen LogP contribution in [0.4, 0.5) is 4.39 Å². The molecule has 0 radical (unpaired) electrons. The molecule has 0 bridgehead atoms. The Kier molecular flexibility index (Phi) is 8.80. The molecule has 1 atom stereocenters. The van der Waals surface area contributed by atoms with Crippen LogP contribution in [0.15, 0.2) is 47.5 Å². The molecular formula is C24H34FN3O3. The summed E-state index contributed by atoms with van der Waals surface area (Å²) in [5, 5.41) is 10.0.